The summed E-state index contributed by atoms with van der Waals surface area (Å²) in [6, 6.07) is 15.5. The van der Waals surface area contributed by atoms with Crippen LogP contribution in [0.4, 0.5) is 8.78 Å². The number of carbonyl (C=O) groups is 1. The highest BCUT2D eigenvalue weighted by Gasteiger charge is 2.23. The van der Waals surface area contributed by atoms with Gasteiger partial charge in [-0.2, -0.15) is 0 Å². The zero-order valence-electron chi connectivity index (χ0n) is 21.6. The lowest BCUT2D eigenvalue weighted by atomic mass is 10.00. The van der Waals surface area contributed by atoms with E-state index in [1.165, 1.54) is 17.7 Å². The summed E-state index contributed by atoms with van der Waals surface area (Å²) in [7, 11) is 0. The van der Waals surface area contributed by atoms with Gasteiger partial charge >= 0.3 is 0 Å². The van der Waals surface area contributed by atoms with Crippen molar-refractivity contribution in [1.82, 2.24) is 15.6 Å². The molecule has 1 aromatic heterocycles. The smallest absolute Gasteiger partial charge is 0.251 e. The van der Waals surface area contributed by atoms with Crippen LogP contribution in [0.5, 0.6) is 0 Å². The van der Waals surface area contributed by atoms with Gasteiger partial charge in [0.15, 0.2) is 11.5 Å². The van der Waals surface area contributed by atoms with Gasteiger partial charge in [0, 0.05) is 31.1 Å². The number of fused-ring (bicyclic) bond motifs is 1. The average molecular weight is 522 g/mol. The molecule has 1 heterocycles. The summed E-state index contributed by atoms with van der Waals surface area (Å²) in [6.07, 6.45) is 1.53. The fraction of sp³-hybridized carbons (Fsp3) is 0.333. The van der Waals surface area contributed by atoms with E-state index in [1.54, 1.807) is 18.2 Å². The first-order chi connectivity index (χ1) is 18.3. The van der Waals surface area contributed by atoms with Crippen molar-refractivity contribution < 1.29 is 23.1 Å². The summed E-state index contributed by atoms with van der Waals surface area (Å²) in [5.74, 6) is -1.25. The van der Waals surface area contributed by atoms with E-state index in [1.807, 2.05) is 19.1 Å². The molecule has 3 aromatic carbocycles. The van der Waals surface area contributed by atoms with Crippen LogP contribution < -0.4 is 10.6 Å². The first-order valence-electron chi connectivity index (χ1n) is 13.0. The van der Waals surface area contributed by atoms with Crippen molar-refractivity contribution in [2.45, 2.75) is 58.2 Å². The number of hydrogen-bond donors (Lipinski definition) is 3. The normalized spacial score (nSPS) is 13.0. The number of rotatable bonds is 12. The Labute approximate surface area is 221 Å². The lowest BCUT2D eigenvalue weighted by Crippen LogP contribution is -2.48. The molecule has 3 N–H and O–H groups in total. The van der Waals surface area contributed by atoms with Crippen LogP contribution >= 0.6 is 0 Å². The number of hydrogen-bond acceptors (Lipinski definition) is 5. The standard InChI is InChI=1S/C30H33F2N3O3/c1-3-6-29-34-26-15-22(9-10-28(26)38-29)30(37)35-25(14-21-12-23(31)16-24(32)13-21)27(36)18-33-17-20-8-5-7-19(4-2)11-20/h5,7-13,15-16,25,27,33,36H,3-4,6,14,17-18H2,1-2H3,(H,35,37)/t25-,27+/m0/s1. The number of halogens is 2. The van der Waals surface area contributed by atoms with Crippen LogP contribution in [0, 0.1) is 11.6 Å². The largest absolute Gasteiger partial charge is 0.441 e. The van der Waals surface area contributed by atoms with E-state index in [0.29, 0.717) is 41.1 Å². The van der Waals surface area contributed by atoms with Crippen LogP contribution in [-0.4, -0.2) is 34.7 Å². The lowest BCUT2D eigenvalue weighted by molar-refractivity contribution is 0.0830. The van der Waals surface area contributed by atoms with Crippen molar-refractivity contribution in [1.29, 1.82) is 0 Å². The number of aliphatic hydroxyl groups excluding tert-OH is 1. The second kappa shape index (κ2) is 12.8. The third-order valence-electron chi connectivity index (χ3n) is 6.40. The quantitative estimate of drug-likeness (QED) is 0.241. The highest BCUT2D eigenvalue weighted by Crippen LogP contribution is 2.19. The summed E-state index contributed by atoms with van der Waals surface area (Å²) in [5, 5.41) is 17.1. The van der Waals surface area contributed by atoms with Gasteiger partial charge in [-0.1, -0.05) is 38.1 Å². The summed E-state index contributed by atoms with van der Waals surface area (Å²) in [6.45, 7) is 4.81. The molecule has 0 radical (unpaired) electrons. The minimum atomic E-state index is -1.02. The zero-order valence-corrected chi connectivity index (χ0v) is 21.6. The molecule has 6 nitrogen and oxygen atoms in total. The molecule has 0 aliphatic heterocycles. The highest BCUT2D eigenvalue weighted by atomic mass is 19.1. The molecular formula is C30H33F2N3O3. The highest BCUT2D eigenvalue weighted by molar-refractivity contribution is 5.97. The maximum absolute atomic E-state index is 13.8. The van der Waals surface area contributed by atoms with Crippen LogP contribution in [0.3, 0.4) is 0 Å². The third-order valence-corrected chi connectivity index (χ3v) is 6.40. The van der Waals surface area contributed by atoms with Gasteiger partial charge in [0.25, 0.3) is 5.91 Å². The monoisotopic (exact) mass is 521 g/mol. The molecule has 38 heavy (non-hydrogen) atoms. The fourth-order valence-electron chi connectivity index (χ4n) is 4.42. The topological polar surface area (TPSA) is 87.4 Å². The Morgan fingerprint density at radius 3 is 2.50 bits per heavy atom. The molecule has 0 aliphatic carbocycles. The Balaban J connectivity index is 1.48. The molecule has 4 aromatic rings. The predicted molar refractivity (Wildman–Crippen MR) is 143 cm³/mol. The second-order valence-electron chi connectivity index (χ2n) is 9.47. The van der Waals surface area contributed by atoms with Crippen molar-refractivity contribution in [2.24, 2.45) is 0 Å². The van der Waals surface area contributed by atoms with E-state index in [9.17, 15) is 18.7 Å². The SMILES string of the molecule is CCCc1nc2cc(C(=O)N[C@@H](Cc3cc(F)cc(F)c3)[C@H](O)CNCc3cccc(CC)c3)ccc2o1. The summed E-state index contributed by atoms with van der Waals surface area (Å²) >= 11 is 0. The molecule has 2 atom stereocenters. The number of aliphatic hydroxyl groups is 1. The van der Waals surface area contributed by atoms with Gasteiger partial charge in [0.05, 0.1) is 12.1 Å². The fourth-order valence-corrected chi connectivity index (χ4v) is 4.42. The second-order valence-corrected chi connectivity index (χ2v) is 9.47. The van der Waals surface area contributed by atoms with Gasteiger partial charge in [0.1, 0.15) is 17.2 Å². The molecule has 8 heteroatoms. The van der Waals surface area contributed by atoms with E-state index >= 15 is 0 Å². The molecule has 0 bridgehead atoms. The van der Waals surface area contributed by atoms with Crippen LogP contribution in [0.1, 0.15) is 53.2 Å². The molecule has 1 amide bonds. The van der Waals surface area contributed by atoms with Crippen molar-refractivity contribution in [3.63, 3.8) is 0 Å². The Morgan fingerprint density at radius 2 is 1.76 bits per heavy atom. The molecule has 200 valence electrons. The minimum Gasteiger partial charge on any atom is -0.441 e. The Kier molecular flexibility index (Phi) is 9.20. The number of aromatic nitrogens is 1. The molecule has 0 unspecified atom stereocenters. The first kappa shape index (κ1) is 27.4. The van der Waals surface area contributed by atoms with E-state index in [4.69, 9.17) is 4.42 Å². The zero-order chi connectivity index (χ0) is 27.1. The maximum atomic E-state index is 13.8. The first-order valence-corrected chi connectivity index (χ1v) is 13.0. The van der Waals surface area contributed by atoms with Gasteiger partial charge < -0.3 is 20.2 Å². The third kappa shape index (κ3) is 7.24. The van der Waals surface area contributed by atoms with Crippen molar-refractivity contribution in [3.05, 3.63) is 100 Å². The molecule has 0 aliphatic rings. The molecule has 4 rings (SSSR count). The number of benzene rings is 3. The summed E-state index contributed by atoms with van der Waals surface area (Å²) in [5.41, 5.74) is 4.13. The minimum absolute atomic E-state index is 0.0431. The number of carbonyl (C=O) groups excluding carboxylic acids is 1. The van der Waals surface area contributed by atoms with Crippen LogP contribution in [0.25, 0.3) is 11.1 Å². The van der Waals surface area contributed by atoms with Gasteiger partial charge in [-0.3, -0.25) is 4.79 Å². The molecular weight excluding hydrogens is 488 g/mol. The van der Waals surface area contributed by atoms with E-state index in [0.717, 1.165) is 24.5 Å². The average Bonchev–Trinajstić information content (AvgIpc) is 3.29. The molecule has 0 saturated carbocycles. The van der Waals surface area contributed by atoms with E-state index < -0.39 is 29.7 Å². The van der Waals surface area contributed by atoms with Crippen LogP contribution in [0.15, 0.2) is 65.1 Å². The number of nitrogens with zero attached hydrogens (tertiary/aromatic N) is 1. The van der Waals surface area contributed by atoms with Gasteiger partial charge in [-0.05, 0) is 66.3 Å². The van der Waals surface area contributed by atoms with Crippen molar-refractivity contribution in [3.8, 4) is 0 Å². The molecule has 0 saturated heterocycles. The maximum Gasteiger partial charge on any atom is 0.251 e. The molecule has 0 fully saturated rings. The van der Waals surface area contributed by atoms with Gasteiger partial charge in [-0.15, -0.1) is 0 Å². The lowest BCUT2D eigenvalue weighted by Gasteiger charge is -2.25. The van der Waals surface area contributed by atoms with Crippen LogP contribution in [0.2, 0.25) is 0 Å². The van der Waals surface area contributed by atoms with E-state index in [2.05, 4.69) is 34.7 Å². The Bertz CT molecular complexity index is 1370. The Hall–Kier alpha value is -3.62. The number of nitrogens with one attached hydrogen (secondary N) is 2. The van der Waals surface area contributed by atoms with E-state index in [-0.39, 0.29) is 13.0 Å². The number of oxazole rings is 1. The van der Waals surface area contributed by atoms with Gasteiger partial charge in [0.2, 0.25) is 0 Å². The summed E-state index contributed by atoms with van der Waals surface area (Å²) < 4.78 is 33.4. The van der Waals surface area contributed by atoms with Gasteiger partial charge in [-0.25, -0.2) is 13.8 Å². The Morgan fingerprint density at radius 1 is 1.00 bits per heavy atom. The van der Waals surface area contributed by atoms with Crippen molar-refractivity contribution >= 4 is 17.0 Å². The number of aryl methyl sites for hydroxylation is 2. The molecule has 0 spiro atoms. The predicted octanol–water partition coefficient (Wildman–Crippen LogP) is 5.11. The summed E-state index contributed by atoms with van der Waals surface area (Å²) in [4.78, 5) is 17.6. The van der Waals surface area contributed by atoms with Crippen LogP contribution in [-0.2, 0) is 25.8 Å². The number of amides is 1. The van der Waals surface area contributed by atoms with Crippen molar-refractivity contribution in [2.75, 3.05) is 6.54 Å².